The van der Waals surface area contributed by atoms with Gasteiger partial charge in [-0.3, -0.25) is 4.79 Å². The highest BCUT2D eigenvalue weighted by Crippen LogP contribution is 2.37. The third-order valence-corrected chi connectivity index (χ3v) is 5.59. The van der Waals surface area contributed by atoms with Crippen LogP contribution in [0.4, 0.5) is 0 Å². The summed E-state index contributed by atoms with van der Waals surface area (Å²) in [5, 5.41) is 4.13. The van der Waals surface area contributed by atoms with E-state index in [1.807, 2.05) is 62.5 Å². The Labute approximate surface area is 180 Å². The predicted molar refractivity (Wildman–Crippen MR) is 119 cm³/mol. The lowest BCUT2D eigenvalue weighted by Crippen LogP contribution is -2.26. The summed E-state index contributed by atoms with van der Waals surface area (Å²) in [6, 6.07) is 15.1. The zero-order chi connectivity index (χ0) is 21.4. The second kappa shape index (κ2) is 7.96. The van der Waals surface area contributed by atoms with Gasteiger partial charge in [-0.15, -0.1) is 0 Å². The van der Waals surface area contributed by atoms with Crippen LogP contribution in [0.3, 0.4) is 0 Å². The fourth-order valence-electron chi connectivity index (χ4n) is 4.22. The Morgan fingerprint density at radius 3 is 2.65 bits per heavy atom. The number of para-hydroxylation sites is 1. The Morgan fingerprint density at radius 1 is 1.06 bits per heavy atom. The second-order valence-electron chi connectivity index (χ2n) is 7.43. The van der Waals surface area contributed by atoms with E-state index in [-0.39, 0.29) is 11.5 Å². The van der Waals surface area contributed by atoms with E-state index < -0.39 is 0 Å². The van der Waals surface area contributed by atoms with Crippen LogP contribution >= 0.6 is 0 Å². The van der Waals surface area contributed by atoms with Gasteiger partial charge in [0, 0.05) is 24.5 Å². The van der Waals surface area contributed by atoms with Crippen molar-refractivity contribution in [2.75, 3.05) is 13.2 Å². The van der Waals surface area contributed by atoms with Crippen LogP contribution in [-0.4, -0.2) is 17.8 Å². The van der Waals surface area contributed by atoms with E-state index in [0.29, 0.717) is 42.0 Å². The number of fused-ring (bicyclic) bond motifs is 4. The van der Waals surface area contributed by atoms with Crippen LogP contribution in [0.1, 0.15) is 36.7 Å². The summed E-state index contributed by atoms with van der Waals surface area (Å²) < 4.78 is 19.6. The molecule has 6 heteroatoms. The minimum absolute atomic E-state index is 0.0249. The molecule has 0 fully saturated rings. The van der Waals surface area contributed by atoms with Gasteiger partial charge in [-0.25, -0.2) is 0 Å². The zero-order valence-electron chi connectivity index (χ0n) is 17.6. The molecule has 0 unspecified atom stereocenters. The van der Waals surface area contributed by atoms with Crippen molar-refractivity contribution in [2.24, 2.45) is 0 Å². The fraction of sp³-hybridized carbons (Fsp3) is 0.240. The molecular formula is C25H24N2O4. The zero-order valence-corrected chi connectivity index (χ0v) is 17.6. The van der Waals surface area contributed by atoms with E-state index in [0.717, 1.165) is 22.7 Å². The van der Waals surface area contributed by atoms with Crippen molar-refractivity contribution in [2.45, 2.75) is 26.4 Å². The summed E-state index contributed by atoms with van der Waals surface area (Å²) in [5.74, 6) is 1.44. The number of aromatic nitrogens is 1. The van der Waals surface area contributed by atoms with Crippen LogP contribution in [0.25, 0.3) is 16.7 Å². The number of nitrogens with one attached hydrogen (secondary N) is 1. The van der Waals surface area contributed by atoms with Crippen molar-refractivity contribution in [3.63, 3.8) is 0 Å². The van der Waals surface area contributed by atoms with Crippen LogP contribution < -0.4 is 20.2 Å². The van der Waals surface area contributed by atoms with Crippen molar-refractivity contribution in [3.8, 4) is 17.2 Å². The molecule has 0 bridgehead atoms. The molecule has 0 spiro atoms. The first-order chi connectivity index (χ1) is 15.2. The lowest BCUT2D eigenvalue weighted by atomic mass is 10.0. The maximum absolute atomic E-state index is 13.3. The van der Waals surface area contributed by atoms with Crippen molar-refractivity contribution in [1.29, 1.82) is 0 Å². The first kappa shape index (κ1) is 19.5. The van der Waals surface area contributed by atoms with Crippen LogP contribution in [0.5, 0.6) is 11.5 Å². The molecule has 1 aliphatic rings. The fourth-order valence-corrected chi connectivity index (χ4v) is 4.22. The van der Waals surface area contributed by atoms with Gasteiger partial charge in [0.2, 0.25) is 0 Å². The Hall–Kier alpha value is -3.51. The van der Waals surface area contributed by atoms with Gasteiger partial charge in [0.15, 0.2) is 16.9 Å². The van der Waals surface area contributed by atoms with Gasteiger partial charge in [-0.2, -0.15) is 0 Å². The molecular weight excluding hydrogens is 392 g/mol. The quantitative estimate of drug-likeness (QED) is 0.516. The van der Waals surface area contributed by atoms with Gasteiger partial charge < -0.3 is 23.8 Å². The molecule has 6 nitrogen and oxygen atoms in total. The molecule has 1 atom stereocenters. The van der Waals surface area contributed by atoms with Crippen molar-refractivity contribution >= 4 is 11.0 Å². The Morgan fingerprint density at radius 2 is 1.84 bits per heavy atom. The minimum Gasteiger partial charge on any atom is -0.490 e. The molecule has 0 saturated carbocycles. The van der Waals surface area contributed by atoms with Crippen molar-refractivity contribution in [3.05, 3.63) is 88.0 Å². The molecule has 0 radical (unpaired) electrons. The largest absolute Gasteiger partial charge is 0.490 e. The third-order valence-electron chi connectivity index (χ3n) is 5.59. The molecule has 3 heterocycles. The molecule has 1 aliphatic heterocycles. The molecule has 4 aromatic rings. The third kappa shape index (κ3) is 3.29. The van der Waals surface area contributed by atoms with Gasteiger partial charge in [0.1, 0.15) is 11.8 Å². The molecule has 31 heavy (non-hydrogen) atoms. The highest BCUT2D eigenvalue weighted by Gasteiger charge is 2.27. The van der Waals surface area contributed by atoms with Gasteiger partial charge >= 0.3 is 0 Å². The molecule has 0 aliphatic carbocycles. The highest BCUT2D eigenvalue weighted by molar-refractivity contribution is 5.76. The summed E-state index contributed by atoms with van der Waals surface area (Å²) in [4.78, 5) is 13.3. The highest BCUT2D eigenvalue weighted by atomic mass is 16.5. The van der Waals surface area contributed by atoms with Crippen molar-refractivity contribution in [1.82, 2.24) is 9.88 Å². The van der Waals surface area contributed by atoms with Crippen LogP contribution in [-0.2, 0) is 6.54 Å². The number of hydrogen-bond acceptors (Lipinski definition) is 5. The summed E-state index contributed by atoms with van der Waals surface area (Å²) in [5.41, 5.74) is 4.19. The Bertz CT molecular complexity index is 1300. The van der Waals surface area contributed by atoms with Crippen LogP contribution in [0.15, 0.2) is 70.2 Å². The Kier molecular flexibility index (Phi) is 5.00. The summed E-state index contributed by atoms with van der Waals surface area (Å²) in [6.07, 6.45) is 3.58. The first-order valence-electron chi connectivity index (χ1n) is 10.5. The van der Waals surface area contributed by atoms with E-state index in [1.54, 1.807) is 12.3 Å². The number of hydrogen-bond donors (Lipinski definition) is 1. The molecule has 158 valence electrons. The van der Waals surface area contributed by atoms with Crippen molar-refractivity contribution < 1.29 is 13.9 Å². The number of nitrogens with zero attached hydrogens (tertiary/aromatic N) is 1. The maximum Gasteiger partial charge on any atom is 0.197 e. The lowest BCUT2D eigenvalue weighted by Gasteiger charge is -2.17. The maximum atomic E-state index is 13.3. The van der Waals surface area contributed by atoms with Gasteiger partial charge in [-0.05, 0) is 49.7 Å². The minimum atomic E-state index is -0.311. The monoisotopic (exact) mass is 416 g/mol. The van der Waals surface area contributed by atoms with E-state index in [2.05, 4.69) is 9.88 Å². The number of rotatable bonds is 5. The van der Waals surface area contributed by atoms with Gasteiger partial charge in [0.25, 0.3) is 0 Å². The second-order valence-corrected chi connectivity index (χ2v) is 7.43. The number of ether oxygens (including phenoxy) is 2. The average Bonchev–Trinajstić information content (AvgIpc) is 3.21. The van der Waals surface area contributed by atoms with E-state index in [1.165, 1.54) is 0 Å². The summed E-state index contributed by atoms with van der Waals surface area (Å²) in [6.45, 7) is 5.59. The SMILES string of the molecule is CCOc1cc2c(cc1OCC)-n1cccc1[C@@H](c1coc3ccccc3c1=O)NC2. The first-order valence-corrected chi connectivity index (χ1v) is 10.5. The molecule has 0 amide bonds. The molecule has 0 saturated heterocycles. The smallest absolute Gasteiger partial charge is 0.197 e. The molecule has 2 aromatic heterocycles. The molecule has 2 aromatic carbocycles. The van der Waals surface area contributed by atoms with Crippen LogP contribution in [0, 0.1) is 0 Å². The lowest BCUT2D eigenvalue weighted by molar-refractivity contribution is 0.287. The van der Waals surface area contributed by atoms with E-state index in [4.69, 9.17) is 13.9 Å². The molecule has 1 N–H and O–H groups in total. The Balaban J connectivity index is 1.65. The van der Waals surface area contributed by atoms with Gasteiger partial charge in [0.05, 0.1) is 35.9 Å². The number of benzene rings is 2. The standard InChI is InChI=1S/C25H24N2O4/c1-3-29-22-12-16-14-26-24(18-15-31-21-10-6-5-8-17(21)25(18)28)19-9-7-11-27(19)20(16)13-23(22)30-4-2/h5-13,15,24,26H,3-4,14H2,1-2H3/t24-/m1/s1. The van der Waals surface area contributed by atoms with E-state index >= 15 is 0 Å². The topological polar surface area (TPSA) is 65.6 Å². The van der Waals surface area contributed by atoms with E-state index in [9.17, 15) is 4.79 Å². The normalized spacial score (nSPS) is 15.2. The molecule has 5 rings (SSSR count). The van der Waals surface area contributed by atoms with Crippen LogP contribution in [0.2, 0.25) is 0 Å². The average molecular weight is 416 g/mol. The predicted octanol–water partition coefficient (Wildman–Crippen LogP) is 4.57. The van der Waals surface area contributed by atoms with Gasteiger partial charge in [-0.1, -0.05) is 12.1 Å². The summed E-state index contributed by atoms with van der Waals surface area (Å²) >= 11 is 0. The summed E-state index contributed by atoms with van der Waals surface area (Å²) in [7, 11) is 0.